The lowest BCUT2D eigenvalue weighted by molar-refractivity contribution is 0.388. The number of aromatic amines is 1. The molecule has 3 aromatic carbocycles. The lowest BCUT2D eigenvalue weighted by atomic mass is 9.95. The monoisotopic (exact) mass is 504 g/mol. The van der Waals surface area contributed by atoms with Gasteiger partial charge in [-0.05, 0) is 66.5 Å². The molecule has 0 saturated heterocycles. The van der Waals surface area contributed by atoms with Gasteiger partial charge in [0.15, 0.2) is 5.82 Å². The molecular formula is C32H32N4O2. The Morgan fingerprint density at radius 3 is 2.37 bits per heavy atom. The molecule has 4 aromatic rings. The number of nitrogens with one attached hydrogen (secondary N) is 1. The standard InChI is InChI=1S/C32H32N4O2/c1-2-3-13-29-25(21-36(26-9-5-4-6-10-26)31(33-29)24-18-19-24)20-22-14-16-23(17-15-22)27-11-7-8-12-28(27)30-34-32(37)38-35-30/h4-12,14-17,24H,2-3,13,18-21H2,1H3,(H,34,35,37). The van der Waals surface area contributed by atoms with Crippen LogP contribution in [0.2, 0.25) is 0 Å². The number of anilines is 1. The molecule has 1 aromatic heterocycles. The quantitative estimate of drug-likeness (QED) is 0.266. The first-order valence-electron chi connectivity index (χ1n) is 13.6. The third-order valence-corrected chi connectivity index (χ3v) is 7.37. The average molecular weight is 505 g/mol. The van der Waals surface area contributed by atoms with Gasteiger partial charge in [-0.3, -0.25) is 9.51 Å². The second kappa shape index (κ2) is 10.7. The summed E-state index contributed by atoms with van der Waals surface area (Å²) in [5, 5.41) is 3.89. The summed E-state index contributed by atoms with van der Waals surface area (Å²) in [4.78, 5) is 21.9. The van der Waals surface area contributed by atoms with Crippen LogP contribution in [0.4, 0.5) is 5.69 Å². The van der Waals surface area contributed by atoms with Crippen molar-refractivity contribution in [3.63, 3.8) is 0 Å². The molecule has 192 valence electrons. The van der Waals surface area contributed by atoms with Crippen LogP contribution in [0, 0.1) is 5.92 Å². The van der Waals surface area contributed by atoms with Gasteiger partial charge in [0.05, 0.1) is 0 Å². The summed E-state index contributed by atoms with van der Waals surface area (Å²) in [5.74, 6) is 1.73. The van der Waals surface area contributed by atoms with Gasteiger partial charge in [0.1, 0.15) is 5.84 Å². The highest BCUT2D eigenvalue weighted by Gasteiger charge is 2.35. The summed E-state index contributed by atoms with van der Waals surface area (Å²) in [6.07, 6.45) is 6.71. The molecule has 0 unspecified atom stereocenters. The van der Waals surface area contributed by atoms with E-state index in [1.54, 1.807) is 0 Å². The van der Waals surface area contributed by atoms with Gasteiger partial charge in [0.25, 0.3) is 0 Å². The minimum absolute atomic E-state index is 0.438. The molecule has 1 N–H and O–H groups in total. The summed E-state index contributed by atoms with van der Waals surface area (Å²) in [5.41, 5.74) is 8.08. The van der Waals surface area contributed by atoms with Crippen molar-refractivity contribution in [1.82, 2.24) is 10.1 Å². The highest BCUT2D eigenvalue weighted by Crippen LogP contribution is 2.38. The van der Waals surface area contributed by atoms with E-state index in [-0.39, 0.29) is 0 Å². The van der Waals surface area contributed by atoms with Crippen LogP contribution < -0.4 is 10.7 Å². The molecule has 0 spiro atoms. The van der Waals surface area contributed by atoms with Crippen molar-refractivity contribution in [2.24, 2.45) is 10.9 Å². The lowest BCUT2D eigenvalue weighted by Crippen LogP contribution is -2.37. The smallest absolute Gasteiger partial charge is 0.325 e. The number of nitrogens with zero attached hydrogens (tertiary/aromatic N) is 3. The van der Waals surface area contributed by atoms with Gasteiger partial charge in [-0.25, -0.2) is 9.79 Å². The Bertz CT molecular complexity index is 1530. The first-order chi connectivity index (χ1) is 18.7. The number of hydrogen-bond acceptors (Lipinski definition) is 5. The Hall–Kier alpha value is -4.19. The third kappa shape index (κ3) is 5.12. The SMILES string of the molecule is CCCCC1=C(Cc2ccc(-c3ccccc3-c3noc(=O)[nH]3)cc2)CN(c2ccccc2)C(C2CC2)=N1. The normalized spacial score (nSPS) is 15.6. The zero-order valence-corrected chi connectivity index (χ0v) is 21.7. The molecule has 2 heterocycles. The fraction of sp³-hybridized carbons (Fsp3) is 0.281. The predicted molar refractivity (Wildman–Crippen MR) is 152 cm³/mol. The Balaban J connectivity index is 1.30. The maximum atomic E-state index is 11.5. The van der Waals surface area contributed by atoms with Crippen molar-refractivity contribution in [3.05, 3.63) is 106 Å². The number of aromatic nitrogens is 2. The highest BCUT2D eigenvalue weighted by atomic mass is 16.5. The Morgan fingerprint density at radius 1 is 0.947 bits per heavy atom. The minimum atomic E-state index is -0.554. The number of para-hydroxylation sites is 1. The number of allylic oxidation sites excluding steroid dienone is 1. The van der Waals surface area contributed by atoms with E-state index in [9.17, 15) is 4.79 Å². The molecule has 0 bridgehead atoms. The number of hydrogen-bond donors (Lipinski definition) is 1. The van der Waals surface area contributed by atoms with Gasteiger partial charge >= 0.3 is 5.76 Å². The van der Waals surface area contributed by atoms with Crippen LogP contribution in [-0.2, 0) is 6.42 Å². The van der Waals surface area contributed by atoms with Crippen LogP contribution in [0.1, 0.15) is 44.6 Å². The van der Waals surface area contributed by atoms with E-state index in [4.69, 9.17) is 9.52 Å². The van der Waals surface area contributed by atoms with Gasteiger partial charge in [-0.2, -0.15) is 0 Å². The first kappa shape index (κ1) is 24.2. The highest BCUT2D eigenvalue weighted by molar-refractivity contribution is 6.02. The summed E-state index contributed by atoms with van der Waals surface area (Å²) < 4.78 is 4.74. The molecule has 0 amide bonds. The number of amidine groups is 1. The fourth-order valence-corrected chi connectivity index (χ4v) is 5.20. The van der Waals surface area contributed by atoms with Crippen LogP contribution in [0.15, 0.2) is 104 Å². The Labute approximate surface area is 222 Å². The summed E-state index contributed by atoms with van der Waals surface area (Å²) in [6.45, 7) is 3.14. The van der Waals surface area contributed by atoms with Crippen molar-refractivity contribution < 1.29 is 4.52 Å². The maximum Gasteiger partial charge on any atom is 0.439 e. The molecule has 6 nitrogen and oxygen atoms in total. The zero-order valence-electron chi connectivity index (χ0n) is 21.7. The maximum absolute atomic E-state index is 11.5. The van der Waals surface area contributed by atoms with Crippen molar-refractivity contribution in [2.45, 2.75) is 45.4 Å². The average Bonchev–Trinajstić information content (AvgIpc) is 3.72. The molecule has 6 heteroatoms. The van der Waals surface area contributed by atoms with Gasteiger partial charge in [-0.1, -0.05) is 85.2 Å². The lowest BCUT2D eigenvalue weighted by Gasteiger charge is -2.33. The second-order valence-corrected chi connectivity index (χ2v) is 10.2. The molecule has 1 fully saturated rings. The molecule has 1 saturated carbocycles. The predicted octanol–water partition coefficient (Wildman–Crippen LogP) is 7.01. The molecule has 0 atom stereocenters. The first-order valence-corrected chi connectivity index (χ1v) is 13.6. The summed E-state index contributed by atoms with van der Waals surface area (Å²) in [6, 6.07) is 27.3. The molecule has 0 radical (unpaired) electrons. The molecule has 2 aliphatic rings. The third-order valence-electron chi connectivity index (χ3n) is 7.37. The summed E-state index contributed by atoms with van der Waals surface area (Å²) >= 11 is 0. The zero-order chi connectivity index (χ0) is 25.9. The van der Waals surface area contributed by atoms with E-state index in [0.717, 1.165) is 42.5 Å². The van der Waals surface area contributed by atoms with Gasteiger partial charge < -0.3 is 4.90 Å². The van der Waals surface area contributed by atoms with Crippen LogP contribution in [-0.4, -0.2) is 22.5 Å². The number of rotatable bonds is 9. The van der Waals surface area contributed by atoms with Gasteiger partial charge in [0.2, 0.25) is 0 Å². The van der Waals surface area contributed by atoms with E-state index < -0.39 is 5.76 Å². The Kier molecular flexibility index (Phi) is 6.78. The molecule has 6 rings (SSSR count). The van der Waals surface area contributed by atoms with E-state index in [2.05, 4.69) is 76.6 Å². The largest absolute Gasteiger partial charge is 0.439 e. The van der Waals surface area contributed by atoms with Crippen molar-refractivity contribution >= 4 is 11.5 Å². The number of benzene rings is 3. The second-order valence-electron chi connectivity index (χ2n) is 10.2. The molecule has 38 heavy (non-hydrogen) atoms. The topological polar surface area (TPSA) is 74.5 Å². The van der Waals surface area contributed by atoms with Gasteiger partial charge in [0, 0.05) is 29.4 Å². The van der Waals surface area contributed by atoms with E-state index in [0.29, 0.717) is 11.7 Å². The van der Waals surface area contributed by atoms with E-state index in [1.807, 2.05) is 24.3 Å². The van der Waals surface area contributed by atoms with E-state index in [1.165, 1.54) is 47.6 Å². The van der Waals surface area contributed by atoms with Crippen molar-refractivity contribution in [1.29, 1.82) is 0 Å². The molecular weight excluding hydrogens is 472 g/mol. The molecule has 1 aliphatic heterocycles. The van der Waals surface area contributed by atoms with Crippen LogP contribution >= 0.6 is 0 Å². The number of H-pyrrole nitrogens is 1. The van der Waals surface area contributed by atoms with Crippen molar-refractivity contribution in [3.8, 4) is 22.5 Å². The number of unbranched alkanes of at least 4 members (excludes halogenated alkanes) is 1. The van der Waals surface area contributed by atoms with Crippen LogP contribution in [0.25, 0.3) is 22.5 Å². The Morgan fingerprint density at radius 2 is 1.68 bits per heavy atom. The molecule has 1 aliphatic carbocycles. The van der Waals surface area contributed by atoms with Crippen molar-refractivity contribution in [2.75, 3.05) is 11.4 Å². The van der Waals surface area contributed by atoms with Crippen LogP contribution in [0.5, 0.6) is 0 Å². The fourth-order valence-electron chi connectivity index (χ4n) is 5.20. The van der Waals surface area contributed by atoms with Gasteiger partial charge in [-0.15, -0.1) is 0 Å². The summed E-state index contributed by atoms with van der Waals surface area (Å²) in [7, 11) is 0. The van der Waals surface area contributed by atoms with Crippen LogP contribution in [0.3, 0.4) is 0 Å². The number of aliphatic imine (C=N–C) groups is 1. The van der Waals surface area contributed by atoms with E-state index >= 15 is 0 Å². The minimum Gasteiger partial charge on any atom is -0.325 e.